The number of aromatic hydroxyl groups is 14. The molecule has 0 unspecified atom stereocenters. The first-order valence-corrected chi connectivity index (χ1v) is 37.7. The van der Waals surface area contributed by atoms with Crippen molar-refractivity contribution < 1.29 is 71.5 Å². The first-order chi connectivity index (χ1) is 62.4. The Labute approximate surface area is 749 Å². The van der Waals surface area contributed by atoms with Gasteiger partial charge in [0.1, 0.15) is 0 Å². The fourth-order valence-corrected chi connectivity index (χ4v) is 9.72. The number of nitrogens with one attached hydrogen (secondary N) is 8. The van der Waals surface area contributed by atoms with Crippen LogP contribution in [-0.2, 0) is 0 Å². The average molecular weight is 1820 g/mol. The van der Waals surface area contributed by atoms with Crippen LogP contribution in [0.1, 0.15) is 0 Å². The first-order valence-electron chi connectivity index (χ1n) is 37.7. The fraction of sp³-hybridized carbons (Fsp3) is 0.171. The van der Waals surface area contributed by atoms with Crippen molar-refractivity contribution in [2.45, 2.75) is 0 Å². The van der Waals surface area contributed by atoms with Crippen LogP contribution < -0.4 is 112 Å². The van der Waals surface area contributed by atoms with Gasteiger partial charge in [-0.1, -0.05) is 0 Å². The highest BCUT2D eigenvalue weighted by Gasteiger charge is 2.19. The van der Waals surface area contributed by atoms with Crippen molar-refractivity contribution in [2.75, 3.05) is 204 Å². The molecule has 7 aromatic heterocycles. The molecular formula is C76H96N42O14. The number of phenolic OH excluding ortho intramolecular Hbond substituents is 14. The first kappa shape index (κ1) is 98.1. The number of hydrogen-bond donors (Lipinski definition) is 29. The standard InChI is InChI=1S/C13H18N6O2.C12H16N6O2.2C11H14N6O2.2C10H12N6O2.C9H10N6O2/c1-18(2)12-15-11(16-13(17-12)19(3)4)14-8-5-6-9(20)10(21)7-8;1-13-10-15-11(17-12(16-10)18(2)3)14-7-4-5-8(19)9(20)6-7;1-17(2)11-15-9(12)14-10(16-11)13-6-3-4-7(18)8(19)5-6;1-13-10-14-9(12)15-11(16-10)17(2)6-3-4-7(18)8(19)5-6;1-16(5-2-3-6(17)7(18)4-5)10-14-8(11)13-9(12)15-10;1-12-9-14-8(11)15-10(16-9)13-5-2-3-6(17)7(18)4-5;10-7-13-8(11)15-9(14-7)12-4-1-2-5(16)6(17)3-4/h5-7,20-21H,1-4H3,(H,14,15,16,17);4-6,19-20H,1-3H3,(H2,13,14,15,16,17);2*3-5,18-19H,1-2H3,(H3,12,13,14,15,16);2-4,17-18H,1H3,(H4,11,12,13,14,15);2-4,17-18H,1H3,(H4,11,12,13,14,15,16);1-3,16-17H,(H5,10,11,12,13,14,15). The third-order valence-corrected chi connectivity index (χ3v) is 16.2. The predicted octanol–water partition coefficient (Wildman–Crippen LogP) is 4.70. The lowest BCUT2D eigenvalue weighted by molar-refractivity contribution is 0.404. The minimum Gasteiger partial charge on any atom is -0.504 e. The highest BCUT2D eigenvalue weighted by atomic mass is 16.3. The summed E-state index contributed by atoms with van der Waals surface area (Å²) in [6.07, 6.45) is 0. The van der Waals surface area contributed by atoms with Gasteiger partial charge in [-0.2, -0.15) is 105 Å². The monoisotopic (exact) mass is 1820 g/mol. The number of benzene rings is 7. The van der Waals surface area contributed by atoms with Gasteiger partial charge in [-0.05, 0) is 84.9 Å². The summed E-state index contributed by atoms with van der Waals surface area (Å²) in [7, 11) is 23.0. The van der Waals surface area contributed by atoms with Crippen LogP contribution in [0, 0.1) is 0 Å². The molecule has 0 radical (unpaired) electrons. The number of phenols is 14. The lowest BCUT2D eigenvalue weighted by atomic mass is 10.2. The van der Waals surface area contributed by atoms with E-state index in [2.05, 4.69) is 147 Å². The van der Waals surface area contributed by atoms with Crippen LogP contribution in [0.3, 0.4) is 0 Å². The Balaban J connectivity index is 0.000000190. The summed E-state index contributed by atoms with van der Waals surface area (Å²) in [5.41, 5.74) is 42.2. The van der Waals surface area contributed by atoms with Gasteiger partial charge in [0, 0.05) is 174 Å². The van der Waals surface area contributed by atoms with E-state index in [9.17, 15) is 66.4 Å². The SMILES string of the molecule is CN(C)c1nc(N)nc(Nc2ccc(O)c(O)c2)n1.CN(C)c1nc(Nc2ccc(O)c(O)c2)nc(N(C)C)n1.CN(c1ccc(O)c(O)c1)c1nc(N)nc(N)n1.CNc1nc(N)nc(N(C)c2ccc(O)c(O)c2)n1.CNc1nc(N)nc(Nc2ccc(O)c(O)c2)n1.CNc1nc(Nc2ccc(O)c(O)c2)nc(N(C)C)n1.Nc1nc(N)nc(Nc2ccc(O)c(O)c2)n1. The van der Waals surface area contributed by atoms with E-state index < -0.39 is 0 Å². The minimum atomic E-state index is -0.259. The van der Waals surface area contributed by atoms with Gasteiger partial charge in [0.2, 0.25) is 125 Å². The van der Waals surface area contributed by atoms with Gasteiger partial charge in [0.15, 0.2) is 80.5 Å². The molecule has 0 aliphatic heterocycles. The van der Waals surface area contributed by atoms with Gasteiger partial charge < -0.3 is 184 Å². The van der Waals surface area contributed by atoms with Gasteiger partial charge in [-0.3, -0.25) is 0 Å². The molecule has 0 fully saturated rings. The van der Waals surface area contributed by atoms with Crippen molar-refractivity contribution in [3.63, 3.8) is 0 Å². The van der Waals surface area contributed by atoms with Crippen LogP contribution in [0.25, 0.3) is 0 Å². The molecule has 14 rings (SSSR count). The lowest BCUT2D eigenvalue weighted by Gasteiger charge is -2.18. The molecule has 132 heavy (non-hydrogen) atoms. The molecule has 0 atom stereocenters. The second-order valence-electron chi connectivity index (χ2n) is 27.2. The predicted molar refractivity (Wildman–Crippen MR) is 497 cm³/mol. The maximum Gasteiger partial charge on any atom is 0.236 e. The van der Waals surface area contributed by atoms with Crippen LogP contribution >= 0.6 is 0 Å². The zero-order valence-corrected chi connectivity index (χ0v) is 72.5. The van der Waals surface area contributed by atoms with E-state index in [4.69, 9.17) is 45.2 Å². The summed E-state index contributed by atoms with van der Waals surface area (Å²) in [5.74, 6) is 2.14. The Morgan fingerprint density at radius 1 is 0.189 bits per heavy atom. The number of rotatable bonds is 21. The summed E-state index contributed by atoms with van der Waals surface area (Å²) in [4.78, 5) is 94.2. The summed E-state index contributed by atoms with van der Waals surface area (Å²) in [6.45, 7) is 0. The van der Waals surface area contributed by atoms with E-state index in [1.54, 1.807) is 115 Å². The molecule has 0 spiro atoms. The third kappa shape index (κ3) is 29.1. The van der Waals surface area contributed by atoms with Crippen LogP contribution in [0.15, 0.2) is 127 Å². The molecular weight excluding hydrogens is 1730 g/mol. The van der Waals surface area contributed by atoms with E-state index in [1.165, 1.54) is 91.0 Å². The van der Waals surface area contributed by atoms with E-state index >= 15 is 0 Å². The van der Waals surface area contributed by atoms with Crippen LogP contribution in [-0.4, -0.2) is 268 Å². The van der Waals surface area contributed by atoms with Crippen LogP contribution in [0.4, 0.5) is 165 Å². The summed E-state index contributed by atoms with van der Waals surface area (Å²) in [6, 6.07) is 30.2. The van der Waals surface area contributed by atoms with Crippen LogP contribution in [0.5, 0.6) is 80.5 Å². The van der Waals surface area contributed by atoms with Crippen molar-refractivity contribution in [2.24, 2.45) is 0 Å². The van der Waals surface area contributed by atoms with E-state index in [1.807, 2.05) is 42.3 Å². The Hall–Kier alpha value is -19.4. The Kier molecular flexibility index (Phi) is 33.3. The molecule has 694 valence electrons. The molecule has 0 aliphatic rings. The van der Waals surface area contributed by atoms with Crippen molar-refractivity contribution in [3.8, 4) is 80.5 Å². The average Bonchev–Trinajstić information content (AvgIpc) is 0.848. The summed E-state index contributed by atoms with van der Waals surface area (Å²) < 4.78 is 0. The van der Waals surface area contributed by atoms with Crippen LogP contribution in [0.2, 0.25) is 0 Å². The maximum absolute atomic E-state index is 9.50. The van der Waals surface area contributed by atoms with E-state index in [0.29, 0.717) is 99.3 Å². The Bertz CT molecular complexity index is 6210. The zero-order valence-electron chi connectivity index (χ0n) is 72.5. The van der Waals surface area contributed by atoms with Gasteiger partial charge in [-0.15, -0.1) is 0 Å². The number of aromatic nitrogens is 21. The van der Waals surface area contributed by atoms with Gasteiger partial charge in [0.25, 0.3) is 0 Å². The molecule has 36 N–H and O–H groups in total. The Morgan fingerprint density at radius 2 is 0.371 bits per heavy atom. The molecule has 0 saturated carbocycles. The topological polar surface area (TPSA) is 852 Å². The maximum atomic E-state index is 9.50. The molecule has 14 aromatic rings. The Morgan fingerprint density at radius 3 is 0.659 bits per heavy atom. The largest absolute Gasteiger partial charge is 0.504 e. The normalized spacial score (nSPS) is 10.2. The van der Waals surface area contributed by atoms with Crippen molar-refractivity contribution in [3.05, 3.63) is 127 Å². The number of nitrogens with two attached hydrogens (primary N) is 7. The second-order valence-corrected chi connectivity index (χ2v) is 27.2. The van der Waals surface area contributed by atoms with Crippen molar-refractivity contribution >= 4 is 165 Å². The molecule has 7 aromatic carbocycles. The van der Waals surface area contributed by atoms with Gasteiger partial charge in [-0.25, -0.2) is 0 Å². The van der Waals surface area contributed by atoms with E-state index in [0.717, 1.165) is 0 Å². The molecule has 7 heterocycles. The molecule has 0 aliphatic carbocycles. The van der Waals surface area contributed by atoms with E-state index in [-0.39, 0.29) is 146 Å². The van der Waals surface area contributed by atoms with Gasteiger partial charge in [0.05, 0.1) is 0 Å². The molecule has 56 heteroatoms. The quantitative estimate of drug-likeness (QED) is 0.0342. The van der Waals surface area contributed by atoms with Crippen molar-refractivity contribution in [1.29, 1.82) is 0 Å². The number of nitrogens with zero attached hydrogens (tertiary/aromatic N) is 27. The number of nitrogen functional groups attached to an aromatic ring is 7. The smallest absolute Gasteiger partial charge is 0.236 e. The fourth-order valence-electron chi connectivity index (χ4n) is 9.72. The summed E-state index contributed by atoms with van der Waals surface area (Å²) in [5, 5.41) is 153. The lowest BCUT2D eigenvalue weighted by Crippen LogP contribution is -2.19. The molecule has 0 saturated heterocycles. The molecule has 0 amide bonds. The summed E-state index contributed by atoms with van der Waals surface area (Å²) >= 11 is 0. The minimum absolute atomic E-state index is 0.00681. The third-order valence-electron chi connectivity index (χ3n) is 16.2. The highest BCUT2D eigenvalue weighted by Crippen LogP contribution is 2.37. The van der Waals surface area contributed by atoms with Crippen molar-refractivity contribution in [1.82, 2.24) is 105 Å². The van der Waals surface area contributed by atoms with Gasteiger partial charge >= 0.3 is 0 Å². The molecule has 56 nitrogen and oxygen atoms in total. The number of hydrogen-bond acceptors (Lipinski definition) is 56. The highest BCUT2D eigenvalue weighted by molar-refractivity contribution is 5.68. The second kappa shape index (κ2) is 44.8. The number of anilines is 28. The molecule has 0 bridgehead atoms. The zero-order chi connectivity index (χ0) is 97.1.